The summed E-state index contributed by atoms with van der Waals surface area (Å²) < 4.78 is 27.3. The van der Waals surface area contributed by atoms with Gasteiger partial charge in [-0.3, -0.25) is 14.3 Å². The molecule has 3 heterocycles. The number of carbonyl (C=O) groups is 1. The number of sulfonamides is 1. The highest BCUT2D eigenvalue weighted by molar-refractivity contribution is 7.89. The first-order valence-corrected chi connectivity index (χ1v) is 11.4. The molecule has 0 unspecified atom stereocenters. The Hall–Kier alpha value is -2.08. The first-order chi connectivity index (χ1) is 13.9. The molecule has 2 aromatic rings. The van der Waals surface area contributed by atoms with Crippen molar-refractivity contribution in [2.45, 2.75) is 13.3 Å². The standard InChI is InChI=1S/C17H24ClN7O3S/c1-2-9-29(27,28)25-7-5-23(6-8-25)4-3-19-17(26)14-10-15(18)16(20-11-14)24-12-21-22-13-24/h10-13H,2-9H2,1H3,(H,19,26). The largest absolute Gasteiger partial charge is 0.351 e. The Balaban J connectivity index is 1.45. The summed E-state index contributed by atoms with van der Waals surface area (Å²) >= 11 is 6.21. The van der Waals surface area contributed by atoms with Crippen LogP contribution in [0.1, 0.15) is 23.7 Å². The number of pyridine rings is 1. The summed E-state index contributed by atoms with van der Waals surface area (Å²) in [5.41, 5.74) is 0.363. The third-order valence-corrected chi connectivity index (χ3v) is 7.00. The maximum absolute atomic E-state index is 12.3. The summed E-state index contributed by atoms with van der Waals surface area (Å²) in [5, 5.41) is 10.6. The van der Waals surface area contributed by atoms with E-state index in [1.165, 1.54) is 18.9 Å². The highest BCUT2D eigenvalue weighted by atomic mass is 35.5. The van der Waals surface area contributed by atoms with Crippen molar-refractivity contribution in [2.24, 2.45) is 0 Å². The molecule has 3 rings (SSSR count). The van der Waals surface area contributed by atoms with Crippen molar-refractivity contribution in [3.05, 3.63) is 35.5 Å². The van der Waals surface area contributed by atoms with E-state index < -0.39 is 10.0 Å². The van der Waals surface area contributed by atoms with Crippen molar-refractivity contribution in [2.75, 3.05) is 45.0 Å². The van der Waals surface area contributed by atoms with Gasteiger partial charge in [-0.2, -0.15) is 4.31 Å². The zero-order valence-electron chi connectivity index (χ0n) is 16.2. The molecular weight excluding hydrogens is 418 g/mol. The topological polar surface area (TPSA) is 113 Å². The van der Waals surface area contributed by atoms with Gasteiger partial charge in [0.25, 0.3) is 5.91 Å². The van der Waals surface area contributed by atoms with Gasteiger partial charge >= 0.3 is 0 Å². The summed E-state index contributed by atoms with van der Waals surface area (Å²) in [5.74, 6) is 0.374. The van der Waals surface area contributed by atoms with Crippen LogP contribution in [0.5, 0.6) is 0 Å². The predicted octanol–water partition coefficient (Wildman–Crippen LogP) is 0.403. The van der Waals surface area contributed by atoms with Crippen LogP contribution in [0.25, 0.3) is 5.82 Å². The fourth-order valence-electron chi connectivity index (χ4n) is 3.10. The number of hydrogen-bond acceptors (Lipinski definition) is 7. The number of nitrogens with zero attached hydrogens (tertiary/aromatic N) is 6. The first-order valence-electron chi connectivity index (χ1n) is 9.39. The summed E-state index contributed by atoms with van der Waals surface area (Å²) in [6.07, 6.45) is 5.02. The van der Waals surface area contributed by atoms with Crippen molar-refractivity contribution in [3.8, 4) is 5.82 Å². The normalized spacial score (nSPS) is 16.1. The molecular formula is C17H24ClN7O3S. The molecule has 0 spiro atoms. The smallest absolute Gasteiger partial charge is 0.252 e. The van der Waals surface area contributed by atoms with Crippen LogP contribution in [-0.4, -0.2) is 88.3 Å². The summed E-state index contributed by atoms with van der Waals surface area (Å²) in [4.78, 5) is 18.7. The van der Waals surface area contributed by atoms with Crippen LogP contribution in [0, 0.1) is 0 Å². The van der Waals surface area contributed by atoms with Crippen molar-refractivity contribution < 1.29 is 13.2 Å². The average molecular weight is 442 g/mol. The van der Waals surface area contributed by atoms with Gasteiger partial charge < -0.3 is 5.32 Å². The lowest BCUT2D eigenvalue weighted by atomic mass is 10.2. The fourth-order valence-corrected chi connectivity index (χ4v) is 4.86. The highest BCUT2D eigenvalue weighted by Crippen LogP contribution is 2.18. The van der Waals surface area contributed by atoms with Crippen molar-refractivity contribution in [1.29, 1.82) is 0 Å². The molecule has 158 valence electrons. The number of aromatic nitrogens is 4. The van der Waals surface area contributed by atoms with Crippen LogP contribution in [0.3, 0.4) is 0 Å². The minimum absolute atomic E-state index is 0.190. The number of rotatable bonds is 8. The second-order valence-corrected chi connectivity index (χ2v) is 9.21. The predicted molar refractivity (Wildman–Crippen MR) is 109 cm³/mol. The zero-order chi connectivity index (χ0) is 20.9. The molecule has 0 saturated carbocycles. The number of piperazine rings is 1. The minimum Gasteiger partial charge on any atom is -0.351 e. The van der Waals surface area contributed by atoms with E-state index in [1.807, 2.05) is 6.92 Å². The third-order valence-electron chi connectivity index (χ3n) is 4.65. The lowest BCUT2D eigenvalue weighted by Gasteiger charge is -2.33. The van der Waals surface area contributed by atoms with Gasteiger partial charge in [0, 0.05) is 45.5 Å². The molecule has 29 heavy (non-hydrogen) atoms. The van der Waals surface area contributed by atoms with Gasteiger partial charge in [-0.1, -0.05) is 18.5 Å². The molecule has 1 aliphatic rings. The van der Waals surface area contributed by atoms with E-state index in [-0.39, 0.29) is 11.7 Å². The van der Waals surface area contributed by atoms with Gasteiger partial charge in [0.1, 0.15) is 12.7 Å². The molecule has 1 aliphatic heterocycles. The number of halogens is 1. The third kappa shape index (κ3) is 5.50. The Morgan fingerprint density at radius 3 is 2.52 bits per heavy atom. The van der Waals surface area contributed by atoms with Gasteiger partial charge in [-0.05, 0) is 12.5 Å². The molecule has 2 aromatic heterocycles. The van der Waals surface area contributed by atoms with E-state index in [4.69, 9.17) is 11.6 Å². The lowest BCUT2D eigenvalue weighted by Crippen LogP contribution is -2.50. The fraction of sp³-hybridized carbons (Fsp3) is 0.529. The van der Waals surface area contributed by atoms with Gasteiger partial charge in [-0.25, -0.2) is 13.4 Å². The Kier molecular flexibility index (Phi) is 7.17. The van der Waals surface area contributed by atoms with Crippen LogP contribution in [-0.2, 0) is 10.0 Å². The van der Waals surface area contributed by atoms with Gasteiger partial charge in [0.2, 0.25) is 10.0 Å². The van der Waals surface area contributed by atoms with Crippen LogP contribution in [0.4, 0.5) is 0 Å². The van der Waals surface area contributed by atoms with Crippen molar-refractivity contribution >= 4 is 27.5 Å². The molecule has 12 heteroatoms. The van der Waals surface area contributed by atoms with Crippen LogP contribution in [0.15, 0.2) is 24.9 Å². The second kappa shape index (κ2) is 9.61. The monoisotopic (exact) mass is 441 g/mol. The number of hydrogen-bond donors (Lipinski definition) is 1. The molecule has 0 bridgehead atoms. The highest BCUT2D eigenvalue weighted by Gasteiger charge is 2.25. The SMILES string of the molecule is CCCS(=O)(=O)N1CCN(CCNC(=O)c2cnc(-n3cnnc3)c(Cl)c2)CC1. The number of nitrogens with one attached hydrogen (secondary N) is 1. The Labute approximate surface area is 174 Å². The molecule has 1 saturated heterocycles. The molecule has 1 amide bonds. The Morgan fingerprint density at radius 2 is 1.90 bits per heavy atom. The summed E-state index contributed by atoms with van der Waals surface area (Å²) in [6.45, 7) is 5.24. The van der Waals surface area contributed by atoms with Crippen LogP contribution in [0.2, 0.25) is 5.02 Å². The van der Waals surface area contributed by atoms with Gasteiger partial charge in [0.05, 0.1) is 16.3 Å². The molecule has 1 N–H and O–H groups in total. The molecule has 0 aromatic carbocycles. The van der Waals surface area contributed by atoms with Crippen LogP contribution < -0.4 is 5.32 Å². The molecule has 10 nitrogen and oxygen atoms in total. The van der Waals surface area contributed by atoms with E-state index in [9.17, 15) is 13.2 Å². The van der Waals surface area contributed by atoms with Gasteiger partial charge in [-0.15, -0.1) is 10.2 Å². The van der Waals surface area contributed by atoms with E-state index in [1.54, 1.807) is 14.9 Å². The maximum atomic E-state index is 12.3. The summed E-state index contributed by atoms with van der Waals surface area (Å²) in [7, 11) is -3.14. The maximum Gasteiger partial charge on any atom is 0.252 e. The Morgan fingerprint density at radius 1 is 1.21 bits per heavy atom. The van der Waals surface area contributed by atoms with Crippen molar-refractivity contribution in [1.82, 2.24) is 34.3 Å². The molecule has 0 radical (unpaired) electrons. The molecule has 0 aliphatic carbocycles. The minimum atomic E-state index is -3.14. The number of carbonyl (C=O) groups excluding carboxylic acids is 1. The average Bonchev–Trinajstić information content (AvgIpc) is 3.22. The van der Waals surface area contributed by atoms with E-state index >= 15 is 0 Å². The lowest BCUT2D eigenvalue weighted by molar-refractivity contribution is 0.0944. The van der Waals surface area contributed by atoms with Crippen LogP contribution >= 0.6 is 11.6 Å². The second-order valence-electron chi connectivity index (χ2n) is 6.71. The quantitative estimate of drug-likeness (QED) is 0.630. The molecule has 0 atom stereocenters. The Bertz CT molecular complexity index is 929. The van der Waals surface area contributed by atoms with Gasteiger partial charge in [0.15, 0.2) is 5.82 Å². The molecule has 1 fully saturated rings. The van der Waals surface area contributed by atoms with E-state index in [0.717, 1.165) is 0 Å². The first kappa shape index (κ1) is 21.6. The van der Waals surface area contributed by atoms with E-state index in [2.05, 4.69) is 25.4 Å². The van der Waals surface area contributed by atoms with E-state index in [0.29, 0.717) is 62.1 Å². The van der Waals surface area contributed by atoms with Crippen molar-refractivity contribution in [3.63, 3.8) is 0 Å². The summed E-state index contributed by atoms with van der Waals surface area (Å²) in [6, 6.07) is 1.55. The number of amides is 1. The zero-order valence-corrected chi connectivity index (χ0v) is 17.7.